The van der Waals surface area contributed by atoms with E-state index in [4.69, 9.17) is 9.47 Å². The lowest BCUT2D eigenvalue weighted by Gasteiger charge is -2.09. The number of carbonyl (C=O) groups is 1. The van der Waals surface area contributed by atoms with Crippen LogP contribution in [0, 0.1) is 0 Å². The van der Waals surface area contributed by atoms with E-state index >= 15 is 0 Å². The lowest BCUT2D eigenvalue weighted by Crippen LogP contribution is -2.20. The Balaban J connectivity index is 1.75. The van der Waals surface area contributed by atoms with Crippen LogP contribution in [0.4, 0.5) is 5.69 Å². The Morgan fingerprint density at radius 3 is 2.23 bits per heavy atom. The predicted octanol–water partition coefficient (Wildman–Crippen LogP) is 3.88. The highest BCUT2D eigenvalue weighted by Gasteiger charge is 2.03. The van der Waals surface area contributed by atoms with Crippen LogP contribution in [-0.4, -0.2) is 19.1 Å². The van der Waals surface area contributed by atoms with E-state index in [1.807, 2.05) is 42.5 Å². The lowest BCUT2D eigenvalue weighted by molar-refractivity contribution is -0.118. The molecule has 2 rings (SSSR count). The van der Waals surface area contributed by atoms with E-state index in [9.17, 15) is 4.79 Å². The van der Waals surface area contributed by atoms with Gasteiger partial charge in [0.1, 0.15) is 11.5 Å². The molecule has 2 aromatic rings. The number of rotatable bonds is 8. The molecular formula is C18H21NO3. The first-order chi connectivity index (χ1) is 10.8. The first-order valence-electron chi connectivity index (χ1n) is 7.48. The number of carbonyl (C=O) groups excluding carboxylic acids is 1. The molecule has 0 radical (unpaired) electrons. The zero-order valence-corrected chi connectivity index (χ0v) is 12.7. The molecule has 0 aliphatic carbocycles. The van der Waals surface area contributed by atoms with Crippen LogP contribution in [-0.2, 0) is 4.79 Å². The summed E-state index contributed by atoms with van der Waals surface area (Å²) in [6.45, 7) is 2.82. The summed E-state index contributed by atoms with van der Waals surface area (Å²) in [6, 6.07) is 16.6. The molecular weight excluding hydrogens is 278 g/mol. The van der Waals surface area contributed by atoms with Crippen molar-refractivity contribution in [2.45, 2.75) is 19.8 Å². The van der Waals surface area contributed by atoms with Crippen LogP contribution in [0.2, 0.25) is 0 Å². The van der Waals surface area contributed by atoms with Gasteiger partial charge < -0.3 is 14.8 Å². The number of para-hydroxylation sites is 1. The van der Waals surface area contributed by atoms with Gasteiger partial charge in [0, 0.05) is 5.69 Å². The Morgan fingerprint density at radius 2 is 1.59 bits per heavy atom. The van der Waals surface area contributed by atoms with Crippen LogP contribution in [0.3, 0.4) is 0 Å². The summed E-state index contributed by atoms with van der Waals surface area (Å²) < 4.78 is 11.0. The second kappa shape index (κ2) is 8.72. The minimum atomic E-state index is -0.186. The van der Waals surface area contributed by atoms with Gasteiger partial charge in [-0.05, 0) is 42.8 Å². The summed E-state index contributed by atoms with van der Waals surface area (Å²) in [5.41, 5.74) is 0.760. The van der Waals surface area contributed by atoms with Crippen LogP contribution in [0.1, 0.15) is 19.8 Å². The smallest absolute Gasteiger partial charge is 0.262 e. The second-order valence-corrected chi connectivity index (χ2v) is 4.88. The quantitative estimate of drug-likeness (QED) is 0.752. The van der Waals surface area contributed by atoms with Gasteiger partial charge in [0.05, 0.1) is 6.61 Å². The van der Waals surface area contributed by atoms with Gasteiger partial charge in [0.2, 0.25) is 0 Å². The van der Waals surface area contributed by atoms with Gasteiger partial charge >= 0.3 is 0 Å². The van der Waals surface area contributed by atoms with Gasteiger partial charge in [0.15, 0.2) is 6.61 Å². The molecule has 1 N–H and O–H groups in total. The second-order valence-electron chi connectivity index (χ2n) is 4.88. The normalized spacial score (nSPS) is 10.0. The SMILES string of the molecule is CCCCOc1ccc(OCC(=O)Nc2ccccc2)cc1. The lowest BCUT2D eigenvalue weighted by atomic mass is 10.3. The molecule has 0 atom stereocenters. The minimum Gasteiger partial charge on any atom is -0.494 e. The molecule has 2 aromatic carbocycles. The third-order valence-electron chi connectivity index (χ3n) is 3.02. The average molecular weight is 299 g/mol. The number of benzene rings is 2. The summed E-state index contributed by atoms with van der Waals surface area (Å²) >= 11 is 0. The maximum absolute atomic E-state index is 11.8. The third-order valence-corrected chi connectivity index (χ3v) is 3.02. The highest BCUT2D eigenvalue weighted by molar-refractivity contribution is 5.91. The van der Waals surface area contributed by atoms with E-state index in [0.29, 0.717) is 5.75 Å². The van der Waals surface area contributed by atoms with Crippen molar-refractivity contribution in [3.05, 3.63) is 54.6 Å². The highest BCUT2D eigenvalue weighted by atomic mass is 16.5. The van der Waals surface area contributed by atoms with Gasteiger partial charge in [0.25, 0.3) is 5.91 Å². The summed E-state index contributed by atoms with van der Waals surface area (Å²) in [7, 11) is 0. The van der Waals surface area contributed by atoms with Crippen molar-refractivity contribution < 1.29 is 14.3 Å². The molecule has 0 saturated heterocycles. The molecule has 0 bridgehead atoms. The Labute approximate surface area is 131 Å². The van der Waals surface area contributed by atoms with Crippen molar-refractivity contribution in [1.82, 2.24) is 0 Å². The van der Waals surface area contributed by atoms with E-state index in [1.54, 1.807) is 12.1 Å². The van der Waals surface area contributed by atoms with Crippen LogP contribution in [0.25, 0.3) is 0 Å². The Kier molecular flexibility index (Phi) is 6.30. The Morgan fingerprint density at radius 1 is 0.955 bits per heavy atom. The standard InChI is InChI=1S/C18H21NO3/c1-2-3-13-21-16-9-11-17(12-10-16)22-14-18(20)19-15-7-5-4-6-8-15/h4-12H,2-3,13-14H2,1H3,(H,19,20). The van der Waals surface area contributed by atoms with E-state index in [1.165, 1.54) is 0 Å². The van der Waals surface area contributed by atoms with Gasteiger partial charge in [-0.25, -0.2) is 0 Å². The van der Waals surface area contributed by atoms with Gasteiger partial charge in [-0.15, -0.1) is 0 Å². The van der Waals surface area contributed by atoms with Crippen molar-refractivity contribution in [3.8, 4) is 11.5 Å². The Hall–Kier alpha value is -2.49. The highest BCUT2D eigenvalue weighted by Crippen LogP contribution is 2.18. The molecule has 22 heavy (non-hydrogen) atoms. The fourth-order valence-electron chi connectivity index (χ4n) is 1.83. The maximum atomic E-state index is 11.8. The maximum Gasteiger partial charge on any atom is 0.262 e. The fourth-order valence-corrected chi connectivity index (χ4v) is 1.83. The summed E-state index contributed by atoms with van der Waals surface area (Å²) in [4.78, 5) is 11.8. The molecule has 1 amide bonds. The molecule has 0 aromatic heterocycles. The molecule has 0 spiro atoms. The van der Waals surface area contributed by atoms with Crippen molar-refractivity contribution in [2.75, 3.05) is 18.5 Å². The van der Waals surface area contributed by atoms with Crippen LogP contribution >= 0.6 is 0 Å². The fraction of sp³-hybridized carbons (Fsp3) is 0.278. The van der Waals surface area contributed by atoms with Gasteiger partial charge in [-0.3, -0.25) is 4.79 Å². The predicted molar refractivity (Wildman–Crippen MR) is 87.4 cm³/mol. The van der Waals surface area contributed by atoms with E-state index < -0.39 is 0 Å². The average Bonchev–Trinajstić information content (AvgIpc) is 2.55. The van der Waals surface area contributed by atoms with Crippen LogP contribution in [0.15, 0.2) is 54.6 Å². The topological polar surface area (TPSA) is 47.6 Å². The van der Waals surface area contributed by atoms with Gasteiger partial charge in [-0.1, -0.05) is 31.5 Å². The number of nitrogens with one attached hydrogen (secondary N) is 1. The number of unbranched alkanes of at least 4 members (excludes halogenated alkanes) is 1. The molecule has 4 heteroatoms. The number of hydrogen-bond donors (Lipinski definition) is 1. The first kappa shape index (κ1) is 15.9. The minimum absolute atomic E-state index is 0.0229. The molecule has 0 aliphatic rings. The van der Waals surface area contributed by atoms with Crippen molar-refractivity contribution >= 4 is 11.6 Å². The molecule has 0 heterocycles. The van der Waals surface area contributed by atoms with Gasteiger partial charge in [-0.2, -0.15) is 0 Å². The molecule has 0 saturated carbocycles. The van der Waals surface area contributed by atoms with E-state index in [-0.39, 0.29) is 12.5 Å². The summed E-state index contributed by atoms with van der Waals surface area (Å²) in [5.74, 6) is 1.27. The number of hydrogen-bond acceptors (Lipinski definition) is 3. The molecule has 0 unspecified atom stereocenters. The van der Waals surface area contributed by atoms with Crippen LogP contribution < -0.4 is 14.8 Å². The van der Waals surface area contributed by atoms with Crippen molar-refractivity contribution in [3.63, 3.8) is 0 Å². The summed E-state index contributed by atoms with van der Waals surface area (Å²) in [6.07, 6.45) is 2.15. The van der Waals surface area contributed by atoms with Crippen LogP contribution in [0.5, 0.6) is 11.5 Å². The third kappa shape index (κ3) is 5.48. The number of ether oxygens (including phenoxy) is 2. The molecule has 0 fully saturated rings. The number of anilines is 1. The zero-order chi connectivity index (χ0) is 15.6. The zero-order valence-electron chi connectivity index (χ0n) is 12.7. The van der Waals surface area contributed by atoms with E-state index in [2.05, 4.69) is 12.2 Å². The van der Waals surface area contributed by atoms with Crippen molar-refractivity contribution in [2.24, 2.45) is 0 Å². The number of amides is 1. The molecule has 116 valence electrons. The van der Waals surface area contributed by atoms with Crippen molar-refractivity contribution in [1.29, 1.82) is 0 Å². The monoisotopic (exact) mass is 299 g/mol. The molecule has 0 aliphatic heterocycles. The first-order valence-corrected chi connectivity index (χ1v) is 7.48. The summed E-state index contributed by atoms with van der Waals surface area (Å²) in [5, 5.41) is 2.77. The molecule has 4 nitrogen and oxygen atoms in total. The largest absolute Gasteiger partial charge is 0.494 e. The Bertz CT molecular complexity index is 567. The van der Waals surface area contributed by atoms with E-state index in [0.717, 1.165) is 30.9 Å².